The zero-order chi connectivity index (χ0) is 20.3. The van der Waals surface area contributed by atoms with E-state index >= 15 is 0 Å². The maximum absolute atomic E-state index is 13.7. The minimum atomic E-state index is -0.308. The summed E-state index contributed by atoms with van der Waals surface area (Å²) in [7, 11) is 0. The summed E-state index contributed by atoms with van der Waals surface area (Å²) in [5.41, 5.74) is 1.51. The molecule has 0 radical (unpaired) electrons. The van der Waals surface area contributed by atoms with Crippen molar-refractivity contribution in [2.75, 3.05) is 0 Å². The molecule has 0 unspecified atom stereocenters. The summed E-state index contributed by atoms with van der Waals surface area (Å²) in [5, 5.41) is 0.528. The highest BCUT2D eigenvalue weighted by Crippen LogP contribution is 2.60. The molecule has 0 atom stereocenters. The van der Waals surface area contributed by atoms with Crippen molar-refractivity contribution in [1.82, 2.24) is 4.57 Å². The fourth-order valence-electron chi connectivity index (χ4n) is 6.28. The van der Waals surface area contributed by atoms with Crippen LogP contribution in [0.2, 0.25) is 5.02 Å². The first-order chi connectivity index (χ1) is 13.8. The molecule has 1 aromatic carbocycles. The third kappa shape index (κ3) is 3.40. The van der Waals surface area contributed by atoms with Crippen molar-refractivity contribution in [3.63, 3.8) is 0 Å². The molecule has 2 aromatic rings. The van der Waals surface area contributed by atoms with Crippen LogP contribution in [0.15, 0.2) is 23.2 Å². The molecule has 0 saturated heterocycles. The summed E-state index contributed by atoms with van der Waals surface area (Å²) >= 11 is 7.84. The van der Waals surface area contributed by atoms with Crippen molar-refractivity contribution < 1.29 is 9.18 Å². The molecule has 4 saturated carbocycles. The molecule has 154 valence electrons. The highest BCUT2D eigenvalue weighted by Gasteiger charge is 2.54. The third-order valence-electron chi connectivity index (χ3n) is 7.41. The number of rotatable bonds is 3. The molecule has 0 spiro atoms. The SMILES string of the molecule is Cc1sc(=NC(=O)C23CC4CC(CC(C4)C2)C3)n(Cc2cc(F)ccc2Cl)c1C. The molecule has 4 aliphatic rings. The monoisotopic (exact) mass is 432 g/mol. The van der Waals surface area contributed by atoms with E-state index in [0.29, 0.717) is 39.7 Å². The van der Waals surface area contributed by atoms with E-state index in [-0.39, 0.29) is 17.1 Å². The molecule has 4 fully saturated rings. The molecule has 6 rings (SSSR count). The van der Waals surface area contributed by atoms with E-state index in [0.717, 1.165) is 29.8 Å². The Morgan fingerprint density at radius 1 is 1.21 bits per heavy atom. The fraction of sp³-hybridized carbons (Fsp3) is 0.565. The zero-order valence-corrected chi connectivity index (χ0v) is 18.5. The normalized spacial score (nSPS) is 30.9. The van der Waals surface area contributed by atoms with Crippen LogP contribution in [0.3, 0.4) is 0 Å². The summed E-state index contributed by atoms with van der Waals surface area (Å²) in [5.74, 6) is 1.90. The molecule has 4 bridgehead atoms. The van der Waals surface area contributed by atoms with Gasteiger partial charge in [0.05, 0.1) is 12.0 Å². The first-order valence-electron chi connectivity index (χ1n) is 10.5. The Hall–Kier alpha value is -1.46. The molecule has 1 aromatic heterocycles. The van der Waals surface area contributed by atoms with Crippen LogP contribution in [0, 0.1) is 42.8 Å². The Morgan fingerprint density at radius 2 is 1.83 bits per heavy atom. The largest absolute Gasteiger partial charge is 0.316 e. The van der Waals surface area contributed by atoms with Crippen LogP contribution in [-0.4, -0.2) is 10.5 Å². The Kier molecular flexibility index (Phi) is 4.74. The Balaban J connectivity index is 1.51. The summed E-state index contributed by atoms with van der Waals surface area (Å²) < 4.78 is 15.8. The summed E-state index contributed by atoms with van der Waals surface area (Å²) in [6.07, 6.45) is 6.96. The minimum absolute atomic E-state index is 0.0666. The van der Waals surface area contributed by atoms with Crippen LogP contribution in [0.1, 0.15) is 54.7 Å². The van der Waals surface area contributed by atoms with Crippen LogP contribution in [0.4, 0.5) is 4.39 Å². The van der Waals surface area contributed by atoms with Crippen molar-refractivity contribution in [3.05, 3.63) is 50.0 Å². The number of amides is 1. The first-order valence-corrected chi connectivity index (χ1v) is 11.7. The number of carbonyl (C=O) groups excluding carboxylic acids is 1. The van der Waals surface area contributed by atoms with Gasteiger partial charge in [-0.15, -0.1) is 11.3 Å². The maximum Gasteiger partial charge on any atom is 0.254 e. The minimum Gasteiger partial charge on any atom is -0.316 e. The van der Waals surface area contributed by atoms with Gasteiger partial charge in [-0.05, 0) is 93.9 Å². The number of hydrogen-bond acceptors (Lipinski definition) is 2. The van der Waals surface area contributed by atoms with Gasteiger partial charge in [0, 0.05) is 15.6 Å². The van der Waals surface area contributed by atoms with Gasteiger partial charge in [0.2, 0.25) is 0 Å². The highest BCUT2D eigenvalue weighted by atomic mass is 35.5. The smallest absolute Gasteiger partial charge is 0.254 e. The second-order valence-corrected chi connectivity index (χ2v) is 11.1. The van der Waals surface area contributed by atoms with Gasteiger partial charge in [-0.3, -0.25) is 4.79 Å². The van der Waals surface area contributed by atoms with Gasteiger partial charge >= 0.3 is 0 Å². The van der Waals surface area contributed by atoms with Crippen LogP contribution >= 0.6 is 22.9 Å². The van der Waals surface area contributed by atoms with E-state index in [4.69, 9.17) is 11.6 Å². The second kappa shape index (κ2) is 7.05. The van der Waals surface area contributed by atoms with Crippen molar-refractivity contribution in [2.45, 2.75) is 58.9 Å². The summed E-state index contributed by atoms with van der Waals surface area (Å²) in [4.78, 5) is 20.0. The van der Waals surface area contributed by atoms with Crippen LogP contribution in [0.5, 0.6) is 0 Å². The van der Waals surface area contributed by atoms with Crippen LogP contribution < -0.4 is 4.80 Å². The topological polar surface area (TPSA) is 34.4 Å². The average molecular weight is 433 g/mol. The van der Waals surface area contributed by atoms with Crippen molar-refractivity contribution in [2.24, 2.45) is 28.2 Å². The molecule has 29 heavy (non-hydrogen) atoms. The molecule has 6 heteroatoms. The number of carbonyl (C=O) groups is 1. The average Bonchev–Trinajstić information content (AvgIpc) is 2.91. The van der Waals surface area contributed by atoms with Crippen molar-refractivity contribution >= 4 is 28.8 Å². The molecule has 0 N–H and O–H groups in total. The number of hydrogen-bond donors (Lipinski definition) is 0. The molecule has 1 heterocycles. The highest BCUT2D eigenvalue weighted by molar-refractivity contribution is 7.09. The molecular formula is C23H26ClFN2OS. The van der Waals surface area contributed by atoms with E-state index in [9.17, 15) is 9.18 Å². The summed E-state index contributed by atoms with van der Waals surface area (Å²) in [6.45, 7) is 4.48. The molecular weight excluding hydrogens is 407 g/mol. The van der Waals surface area contributed by atoms with E-state index < -0.39 is 0 Å². The molecule has 4 aliphatic carbocycles. The quantitative estimate of drug-likeness (QED) is 0.617. The summed E-state index contributed by atoms with van der Waals surface area (Å²) in [6, 6.07) is 4.41. The Morgan fingerprint density at radius 3 is 2.45 bits per heavy atom. The van der Waals surface area contributed by atoms with Gasteiger partial charge in [-0.2, -0.15) is 4.99 Å². The Bertz CT molecular complexity index is 1020. The van der Waals surface area contributed by atoms with Crippen LogP contribution in [0.25, 0.3) is 0 Å². The van der Waals surface area contributed by atoms with E-state index in [1.807, 2.05) is 18.4 Å². The predicted octanol–water partition coefficient (Wildman–Crippen LogP) is 5.65. The second-order valence-electron chi connectivity index (χ2n) is 9.46. The lowest BCUT2D eigenvalue weighted by Gasteiger charge is -2.55. The van der Waals surface area contributed by atoms with Gasteiger partial charge in [0.15, 0.2) is 4.80 Å². The number of thiazole rings is 1. The van der Waals surface area contributed by atoms with E-state index in [2.05, 4.69) is 4.99 Å². The lowest BCUT2D eigenvalue weighted by Crippen LogP contribution is -2.50. The molecule has 3 nitrogen and oxygen atoms in total. The standard InChI is InChI=1S/C23H26ClFN2OS/c1-13-14(2)29-22(27(13)12-18-8-19(25)3-4-20(18)24)26-21(28)23-9-15-5-16(10-23)7-17(6-15)11-23/h3-4,8,15-17H,5-7,9-12H2,1-2H3. The van der Waals surface area contributed by atoms with Gasteiger partial charge in [-0.25, -0.2) is 4.39 Å². The lowest BCUT2D eigenvalue weighted by molar-refractivity contribution is -0.142. The number of halogens is 2. The van der Waals surface area contributed by atoms with Crippen LogP contribution in [-0.2, 0) is 11.3 Å². The van der Waals surface area contributed by atoms with Gasteiger partial charge in [0.25, 0.3) is 5.91 Å². The lowest BCUT2D eigenvalue weighted by atomic mass is 9.49. The third-order valence-corrected chi connectivity index (χ3v) is 8.88. The number of aromatic nitrogens is 1. The van der Waals surface area contributed by atoms with Gasteiger partial charge in [0.1, 0.15) is 5.82 Å². The predicted molar refractivity (Wildman–Crippen MR) is 113 cm³/mol. The number of aryl methyl sites for hydroxylation is 1. The Labute approximate surface area is 179 Å². The fourth-order valence-corrected chi connectivity index (χ4v) is 7.43. The molecule has 0 aliphatic heterocycles. The van der Waals surface area contributed by atoms with Gasteiger partial charge < -0.3 is 4.57 Å². The molecule has 1 amide bonds. The number of benzene rings is 1. The van der Waals surface area contributed by atoms with E-state index in [1.54, 1.807) is 17.4 Å². The van der Waals surface area contributed by atoms with E-state index in [1.165, 1.54) is 31.4 Å². The maximum atomic E-state index is 13.7. The number of nitrogens with zero attached hydrogens (tertiary/aromatic N) is 2. The van der Waals surface area contributed by atoms with Gasteiger partial charge in [-0.1, -0.05) is 11.6 Å². The van der Waals surface area contributed by atoms with Crippen molar-refractivity contribution in [3.8, 4) is 0 Å². The zero-order valence-electron chi connectivity index (χ0n) is 16.9. The van der Waals surface area contributed by atoms with Crippen molar-refractivity contribution in [1.29, 1.82) is 0 Å². The first kappa shape index (κ1) is 19.5.